The van der Waals surface area contributed by atoms with E-state index >= 15 is 0 Å². The van der Waals surface area contributed by atoms with Gasteiger partial charge in [0.1, 0.15) is 18.7 Å². The first-order valence-electron chi connectivity index (χ1n) is 6.62. The number of aryl methyl sites for hydroxylation is 1. The average molecular weight is 262 g/mol. The number of nitrogens with one attached hydrogen (secondary N) is 1. The molecule has 6 nitrogen and oxygen atoms in total. The van der Waals surface area contributed by atoms with Crippen LogP contribution >= 0.6 is 0 Å². The number of hydrogen-bond acceptors (Lipinski definition) is 4. The fourth-order valence-electron chi connectivity index (χ4n) is 1.76. The van der Waals surface area contributed by atoms with E-state index in [4.69, 9.17) is 0 Å². The summed E-state index contributed by atoms with van der Waals surface area (Å²) in [6, 6.07) is 2.03. The zero-order valence-electron chi connectivity index (χ0n) is 12.1. The summed E-state index contributed by atoms with van der Waals surface area (Å²) < 4.78 is 3.78. The molecule has 0 saturated carbocycles. The highest BCUT2D eigenvalue weighted by molar-refractivity contribution is 5.00. The predicted molar refractivity (Wildman–Crippen MR) is 73.6 cm³/mol. The lowest BCUT2D eigenvalue weighted by molar-refractivity contribution is 0.419. The Balaban J connectivity index is 1.98. The molecule has 1 N–H and O–H groups in total. The number of hydrogen-bond donors (Lipinski definition) is 1. The van der Waals surface area contributed by atoms with Gasteiger partial charge in [0, 0.05) is 24.8 Å². The Labute approximate surface area is 113 Å². The largest absolute Gasteiger partial charge is 0.306 e. The smallest absolute Gasteiger partial charge is 0.148 e. The molecule has 2 heterocycles. The molecule has 0 amide bonds. The molecule has 0 saturated heterocycles. The summed E-state index contributed by atoms with van der Waals surface area (Å²) in [5, 5.41) is 12.1. The van der Waals surface area contributed by atoms with Gasteiger partial charge in [0.25, 0.3) is 0 Å². The van der Waals surface area contributed by atoms with Crippen molar-refractivity contribution in [3.8, 4) is 0 Å². The summed E-state index contributed by atoms with van der Waals surface area (Å²) in [7, 11) is 0. The Kier molecular flexibility index (Phi) is 3.99. The highest BCUT2D eigenvalue weighted by atomic mass is 15.4. The Hall–Kier alpha value is -1.69. The molecule has 2 aromatic rings. The van der Waals surface area contributed by atoms with E-state index in [2.05, 4.69) is 48.2 Å². The number of aromatic nitrogens is 5. The summed E-state index contributed by atoms with van der Waals surface area (Å²) in [4.78, 5) is 4.25. The van der Waals surface area contributed by atoms with E-state index in [0.717, 1.165) is 24.6 Å². The van der Waals surface area contributed by atoms with Crippen LogP contribution < -0.4 is 5.32 Å². The zero-order chi connectivity index (χ0) is 13.9. The van der Waals surface area contributed by atoms with E-state index in [0.29, 0.717) is 6.54 Å². The monoisotopic (exact) mass is 262 g/mol. The molecular weight excluding hydrogens is 240 g/mol. The molecule has 0 radical (unpaired) electrons. The Bertz CT molecular complexity index is 519. The molecule has 0 fully saturated rings. The molecular formula is C13H22N6. The molecule has 0 aliphatic rings. The van der Waals surface area contributed by atoms with Crippen LogP contribution in [0.1, 0.15) is 39.2 Å². The molecule has 6 heteroatoms. The zero-order valence-corrected chi connectivity index (χ0v) is 12.1. The van der Waals surface area contributed by atoms with Gasteiger partial charge in [0.05, 0.1) is 5.69 Å². The molecule has 0 spiro atoms. The van der Waals surface area contributed by atoms with Crippen molar-refractivity contribution >= 4 is 0 Å². The molecule has 0 aliphatic heterocycles. The Morgan fingerprint density at radius 1 is 1.32 bits per heavy atom. The third kappa shape index (κ3) is 3.89. The van der Waals surface area contributed by atoms with Gasteiger partial charge in [-0.05, 0) is 33.8 Å². The van der Waals surface area contributed by atoms with E-state index < -0.39 is 0 Å². The topological polar surface area (TPSA) is 60.6 Å². The normalized spacial score (nSPS) is 12.0. The van der Waals surface area contributed by atoms with E-state index in [9.17, 15) is 0 Å². The van der Waals surface area contributed by atoms with Gasteiger partial charge in [0.2, 0.25) is 0 Å². The maximum atomic E-state index is 4.54. The van der Waals surface area contributed by atoms with Gasteiger partial charge in [-0.1, -0.05) is 0 Å². The van der Waals surface area contributed by atoms with E-state index in [1.54, 1.807) is 6.33 Å². The summed E-state index contributed by atoms with van der Waals surface area (Å²) in [5.41, 5.74) is 1.14. The lowest BCUT2D eigenvalue weighted by Gasteiger charge is -2.19. The first-order chi connectivity index (χ1) is 8.98. The van der Waals surface area contributed by atoms with Crippen LogP contribution in [0.5, 0.6) is 0 Å². The van der Waals surface area contributed by atoms with E-state index in [1.807, 2.05) is 21.6 Å². The molecule has 0 aliphatic carbocycles. The third-order valence-corrected chi connectivity index (χ3v) is 2.79. The molecule has 0 aromatic carbocycles. The molecule has 0 atom stereocenters. The van der Waals surface area contributed by atoms with Gasteiger partial charge in [0.15, 0.2) is 0 Å². The van der Waals surface area contributed by atoms with Crippen molar-refractivity contribution < 1.29 is 0 Å². The first kappa shape index (κ1) is 13.7. The van der Waals surface area contributed by atoms with Crippen LogP contribution in [0.15, 0.2) is 18.6 Å². The van der Waals surface area contributed by atoms with Crippen LogP contribution in [0.3, 0.4) is 0 Å². The quantitative estimate of drug-likeness (QED) is 0.885. The molecule has 2 aromatic heterocycles. The highest BCUT2D eigenvalue weighted by Gasteiger charge is 2.10. The van der Waals surface area contributed by atoms with Crippen molar-refractivity contribution in [3.63, 3.8) is 0 Å². The maximum absolute atomic E-state index is 4.54. The van der Waals surface area contributed by atoms with Crippen LogP contribution in [0, 0.1) is 0 Å². The number of nitrogens with zero attached hydrogens (tertiary/aromatic N) is 5. The minimum absolute atomic E-state index is 0.103. The minimum Gasteiger partial charge on any atom is -0.306 e. The molecule has 2 rings (SSSR count). The van der Waals surface area contributed by atoms with Gasteiger partial charge < -0.3 is 5.32 Å². The Morgan fingerprint density at radius 3 is 2.79 bits per heavy atom. The molecule has 19 heavy (non-hydrogen) atoms. The summed E-state index contributed by atoms with van der Waals surface area (Å²) in [6.07, 6.45) is 3.57. The van der Waals surface area contributed by atoms with Crippen molar-refractivity contribution in [3.05, 3.63) is 30.1 Å². The van der Waals surface area contributed by atoms with Crippen LogP contribution in [0.25, 0.3) is 0 Å². The first-order valence-corrected chi connectivity index (χ1v) is 6.62. The predicted octanol–water partition coefficient (Wildman–Crippen LogP) is 1.43. The van der Waals surface area contributed by atoms with Gasteiger partial charge in [-0.15, -0.1) is 0 Å². The lowest BCUT2D eigenvalue weighted by Crippen LogP contribution is -2.35. The van der Waals surface area contributed by atoms with Crippen LogP contribution in [0.4, 0.5) is 0 Å². The van der Waals surface area contributed by atoms with Crippen LogP contribution in [-0.4, -0.2) is 30.1 Å². The maximum Gasteiger partial charge on any atom is 0.148 e. The molecule has 104 valence electrons. The summed E-state index contributed by atoms with van der Waals surface area (Å²) in [5.74, 6) is 0.931. The molecule has 0 unspecified atom stereocenters. The van der Waals surface area contributed by atoms with Crippen molar-refractivity contribution in [2.45, 2.75) is 52.9 Å². The second kappa shape index (κ2) is 5.52. The van der Waals surface area contributed by atoms with E-state index in [1.165, 1.54) is 0 Å². The lowest BCUT2D eigenvalue weighted by atomic mass is 10.1. The molecule has 0 bridgehead atoms. The fraction of sp³-hybridized carbons (Fsp3) is 0.615. The van der Waals surface area contributed by atoms with Crippen LogP contribution in [0.2, 0.25) is 0 Å². The standard InChI is InChI=1S/C13H22N6/c1-5-19-12(14-10-16-19)9-18-7-6-11(17-18)8-15-13(2,3)4/h6-7,10,15H,5,8-9H2,1-4H3. The van der Waals surface area contributed by atoms with Gasteiger partial charge in [-0.2, -0.15) is 10.2 Å². The number of rotatable bonds is 5. The summed E-state index contributed by atoms with van der Waals surface area (Å²) in [6.45, 7) is 10.8. The van der Waals surface area contributed by atoms with Gasteiger partial charge >= 0.3 is 0 Å². The van der Waals surface area contributed by atoms with Crippen molar-refractivity contribution in [1.82, 2.24) is 29.9 Å². The van der Waals surface area contributed by atoms with Crippen molar-refractivity contribution in [2.24, 2.45) is 0 Å². The Morgan fingerprint density at radius 2 is 2.11 bits per heavy atom. The second-order valence-electron chi connectivity index (χ2n) is 5.60. The van der Waals surface area contributed by atoms with Crippen molar-refractivity contribution in [1.29, 1.82) is 0 Å². The average Bonchev–Trinajstić information content (AvgIpc) is 2.95. The highest BCUT2D eigenvalue weighted by Crippen LogP contribution is 2.04. The summed E-state index contributed by atoms with van der Waals surface area (Å²) >= 11 is 0. The van der Waals surface area contributed by atoms with Crippen molar-refractivity contribution in [2.75, 3.05) is 0 Å². The second-order valence-corrected chi connectivity index (χ2v) is 5.60. The van der Waals surface area contributed by atoms with Gasteiger partial charge in [-0.25, -0.2) is 9.67 Å². The fourth-order valence-corrected chi connectivity index (χ4v) is 1.76. The van der Waals surface area contributed by atoms with Crippen LogP contribution in [-0.2, 0) is 19.6 Å². The van der Waals surface area contributed by atoms with E-state index in [-0.39, 0.29) is 5.54 Å². The minimum atomic E-state index is 0.103. The van der Waals surface area contributed by atoms with Gasteiger partial charge in [-0.3, -0.25) is 4.68 Å². The third-order valence-electron chi connectivity index (χ3n) is 2.79. The SMILES string of the molecule is CCn1ncnc1Cn1ccc(CNC(C)(C)C)n1.